The molecule has 72 valence electrons. The van der Waals surface area contributed by atoms with Gasteiger partial charge < -0.3 is 10.2 Å². The molecule has 0 radical (unpaired) electrons. The summed E-state index contributed by atoms with van der Waals surface area (Å²) < 4.78 is 0. The topological polar surface area (TPSA) is 57.5 Å². The van der Waals surface area contributed by atoms with E-state index >= 15 is 0 Å². The third kappa shape index (κ3) is 7.54. The second-order valence-electron chi connectivity index (χ2n) is 3.08. The Labute approximate surface area is 73.4 Å². The fourth-order valence-corrected chi connectivity index (χ4v) is 1.07. The number of hydrogen-bond donors (Lipinski definition) is 2. The van der Waals surface area contributed by atoms with Gasteiger partial charge in [0.05, 0.1) is 6.10 Å². The molecule has 0 amide bonds. The molecule has 0 aromatic carbocycles. The highest BCUT2D eigenvalue weighted by molar-refractivity contribution is 5.66. The average molecular weight is 174 g/mol. The second-order valence-corrected chi connectivity index (χ2v) is 3.08. The maximum Gasteiger partial charge on any atom is 0.303 e. The Morgan fingerprint density at radius 1 is 1.33 bits per heavy atom. The summed E-state index contributed by atoms with van der Waals surface area (Å²) in [7, 11) is 0. The lowest BCUT2D eigenvalue weighted by Crippen LogP contribution is -2.07. The zero-order chi connectivity index (χ0) is 9.40. The van der Waals surface area contributed by atoms with Crippen LogP contribution in [0.5, 0.6) is 0 Å². The van der Waals surface area contributed by atoms with Crippen LogP contribution in [0, 0.1) is 0 Å². The van der Waals surface area contributed by atoms with Crippen LogP contribution in [0.25, 0.3) is 0 Å². The Kier molecular flexibility index (Phi) is 6.76. The van der Waals surface area contributed by atoms with Gasteiger partial charge in [-0.25, -0.2) is 0 Å². The van der Waals surface area contributed by atoms with Gasteiger partial charge in [-0.1, -0.05) is 19.8 Å². The Hall–Kier alpha value is -0.570. The fraction of sp³-hybridized carbons (Fsp3) is 0.889. The van der Waals surface area contributed by atoms with Crippen molar-refractivity contribution >= 4 is 5.97 Å². The second kappa shape index (κ2) is 7.10. The number of carbonyl (C=O) groups is 1. The van der Waals surface area contributed by atoms with E-state index in [2.05, 4.69) is 6.92 Å². The summed E-state index contributed by atoms with van der Waals surface area (Å²) in [5, 5.41) is 17.6. The third-order valence-electron chi connectivity index (χ3n) is 1.82. The fourth-order valence-electron chi connectivity index (χ4n) is 1.07. The molecule has 2 N–H and O–H groups in total. The molecule has 0 saturated heterocycles. The first-order valence-electron chi connectivity index (χ1n) is 4.56. The maximum atomic E-state index is 10.1. The first-order chi connectivity index (χ1) is 5.66. The lowest BCUT2D eigenvalue weighted by atomic mass is 10.1. The van der Waals surface area contributed by atoms with Gasteiger partial charge in [-0.15, -0.1) is 0 Å². The predicted octanol–water partition coefficient (Wildman–Crippen LogP) is 1.79. The highest BCUT2D eigenvalue weighted by Crippen LogP contribution is 2.07. The summed E-state index contributed by atoms with van der Waals surface area (Å²) in [5.41, 5.74) is 0. The molecule has 0 bridgehead atoms. The van der Waals surface area contributed by atoms with Crippen LogP contribution in [0.1, 0.15) is 45.4 Å². The van der Waals surface area contributed by atoms with Gasteiger partial charge in [-0.3, -0.25) is 4.79 Å². The van der Waals surface area contributed by atoms with E-state index in [-0.39, 0.29) is 12.5 Å². The van der Waals surface area contributed by atoms with E-state index in [9.17, 15) is 9.90 Å². The summed E-state index contributed by atoms with van der Waals surface area (Å²) in [5.74, 6) is -0.780. The van der Waals surface area contributed by atoms with E-state index in [0.717, 1.165) is 19.3 Å². The molecule has 1 atom stereocenters. The van der Waals surface area contributed by atoms with Crippen LogP contribution in [0.2, 0.25) is 0 Å². The van der Waals surface area contributed by atoms with Crippen molar-refractivity contribution in [1.29, 1.82) is 0 Å². The van der Waals surface area contributed by atoms with E-state index in [1.54, 1.807) is 0 Å². The number of rotatable bonds is 7. The Morgan fingerprint density at radius 2 is 1.92 bits per heavy atom. The normalized spacial score (nSPS) is 12.8. The van der Waals surface area contributed by atoms with Gasteiger partial charge in [-0.2, -0.15) is 0 Å². The Bertz CT molecular complexity index is 123. The predicted molar refractivity (Wildman–Crippen MR) is 47.0 cm³/mol. The Morgan fingerprint density at radius 3 is 2.42 bits per heavy atom. The van der Waals surface area contributed by atoms with Crippen molar-refractivity contribution in [2.24, 2.45) is 0 Å². The van der Waals surface area contributed by atoms with Gasteiger partial charge in [0.25, 0.3) is 0 Å². The third-order valence-corrected chi connectivity index (χ3v) is 1.82. The lowest BCUT2D eigenvalue weighted by Gasteiger charge is -2.07. The van der Waals surface area contributed by atoms with Crippen molar-refractivity contribution < 1.29 is 15.0 Å². The molecule has 0 aromatic rings. The van der Waals surface area contributed by atoms with Crippen LogP contribution in [0.4, 0.5) is 0 Å². The minimum absolute atomic E-state index is 0.170. The largest absolute Gasteiger partial charge is 0.481 e. The molecule has 0 aromatic heterocycles. The van der Waals surface area contributed by atoms with Crippen LogP contribution in [-0.2, 0) is 4.79 Å². The lowest BCUT2D eigenvalue weighted by molar-refractivity contribution is -0.137. The first-order valence-corrected chi connectivity index (χ1v) is 4.56. The van der Waals surface area contributed by atoms with Gasteiger partial charge in [-0.05, 0) is 19.3 Å². The summed E-state index contributed by atoms with van der Waals surface area (Å²) >= 11 is 0. The van der Waals surface area contributed by atoms with Crippen molar-refractivity contribution in [2.45, 2.75) is 51.6 Å². The van der Waals surface area contributed by atoms with Crippen LogP contribution in [-0.4, -0.2) is 22.3 Å². The number of hydrogen-bond acceptors (Lipinski definition) is 2. The monoisotopic (exact) mass is 174 g/mol. The molecule has 0 aliphatic rings. The molecular formula is C9H18O3. The van der Waals surface area contributed by atoms with Gasteiger partial charge in [0.15, 0.2) is 0 Å². The van der Waals surface area contributed by atoms with E-state index in [4.69, 9.17) is 5.11 Å². The minimum atomic E-state index is -0.780. The standard InChI is InChI=1S/C9H18O3/c1-2-3-5-8(10)6-4-7-9(11)12/h8,10H,2-7H2,1H3,(H,11,12). The van der Waals surface area contributed by atoms with E-state index < -0.39 is 5.97 Å². The molecule has 0 fully saturated rings. The smallest absolute Gasteiger partial charge is 0.303 e. The summed E-state index contributed by atoms with van der Waals surface area (Å²) in [6.45, 7) is 2.07. The molecule has 1 unspecified atom stereocenters. The molecule has 3 heteroatoms. The molecule has 0 saturated carbocycles. The van der Waals surface area contributed by atoms with E-state index in [0.29, 0.717) is 12.8 Å². The number of carboxylic acid groups (broad SMARTS) is 1. The summed E-state index contributed by atoms with van der Waals surface area (Å²) in [4.78, 5) is 10.1. The Balaban J connectivity index is 3.19. The number of unbranched alkanes of at least 4 members (excludes halogenated alkanes) is 1. The van der Waals surface area contributed by atoms with Crippen molar-refractivity contribution in [3.63, 3.8) is 0 Å². The minimum Gasteiger partial charge on any atom is -0.481 e. The number of carboxylic acids is 1. The summed E-state index contributed by atoms with van der Waals surface area (Å²) in [6.07, 6.45) is 3.97. The van der Waals surface area contributed by atoms with Crippen LogP contribution in [0.3, 0.4) is 0 Å². The quantitative estimate of drug-likeness (QED) is 0.618. The van der Waals surface area contributed by atoms with Gasteiger partial charge >= 0.3 is 5.97 Å². The summed E-state index contributed by atoms with van der Waals surface area (Å²) in [6, 6.07) is 0. The van der Waals surface area contributed by atoms with Crippen LogP contribution < -0.4 is 0 Å². The number of aliphatic hydroxyl groups is 1. The molecular weight excluding hydrogens is 156 g/mol. The maximum absolute atomic E-state index is 10.1. The zero-order valence-electron chi connectivity index (χ0n) is 7.62. The van der Waals surface area contributed by atoms with Crippen molar-refractivity contribution in [3.05, 3.63) is 0 Å². The van der Waals surface area contributed by atoms with Gasteiger partial charge in [0, 0.05) is 6.42 Å². The zero-order valence-corrected chi connectivity index (χ0v) is 7.62. The van der Waals surface area contributed by atoms with Crippen LogP contribution >= 0.6 is 0 Å². The first kappa shape index (κ1) is 11.4. The highest BCUT2D eigenvalue weighted by atomic mass is 16.4. The number of aliphatic carboxylic acids is 1. The molecule has 0 heterocycles. The highest BCUT2D eigenvalue weighted by Gasteiger charge is 2.04. The van der Waals surface area contributed by atoms with Crippen molar-refractivity contribution in [3.8, 4) is 0 Å². The molecule has 0 rings (SSSR count). The van der Waals surface area contributed by atoms with Gasteiger partial charge in [0.2, 0.25) is 0 Å². The van der Waals surface area contributed by atoms with E-state index in [1.807, 2.05) is 0 Å². The van der Waals surface area contributed by atoms with Gasteiger partial charge in [0.1, 0.15) is 0 Å². The molecule has 0 aliphatic carbocycles. The average Bonchev–Trinajstić information content (AvgIpc) is 2.00. The number of aliphatic hydroxyl groups excluding tert-OH is 1. The molecule has 0 aliphatic heterocycles. The van der Waals surface area contributed by atoms with Crippen molar-refractivity contribution in [2.75, 3.05) is 0 Å². The SMILES string of the molecule is CCCCC(O)CCCC(=O)O. The molecule has 3 nitrogen and oxygen atoms in total. The van der Waals surface area contributed by atoms with Crippen molar-refractivity contribution in [1.82, 2.24) is 0 Å². The molecule has 12 heavy (non-hydrogen) atoms. The van der Waals surface area contributed by atoms with Crippen LogP contribution in [0.15, 0.2) is 0 Å². The molecule has 0 spiro atoms. The van der Waals surface area contributed by atoms with E-state index in [1.165, 1.54) is 0 Å².